The number of para-hydroxylation sites is 1. The maximum atomic E-state index is 12.4. The molecule has 5 heteroatoms. The Hall–Kier alpha value is -2.69. The average Bonchev–Trinajstić information content (AvgIpc) is 2.93. The molecule has 0 radical (unpaired) electrons. The van der Waals surface area contributed by atoms with Gasteiger partial charge in [0.25, 0.3) is 5.56 Å². The van der Waals surface area contributed by atoms with E-state index in [4.69, 9.17) is 0 Å². The van der Waals surface area contributed by atoms with E-state index in [1.165, 1.54) is 10.6 Å². The van der Waals surface area contributed by atoms with Gasteiger partial charge >= 0.3 is 0 Å². The van der Waals surface area contributed by atoms with Gasteiger partial charge in [-0.1, -0.05) is 24.3 Å². The van der Waals surface area contributed by atoms with Gasteiger partial charge in [0, 0.05) is 24.6 Å². The van der Waals surface area contributed by atoms with Crippen LogP contribution in [-0.2, 0) is 17.6 Å². The van der Waals surface area contributed by atoms with Gasteiger partial charge in [0.2, 0.25) is 5.91 Å². The smallest absolute Gasteiger partial charge is 0.254 e. The third kappa shape index (κ3) is 2.70. The zero-order chi connectivity index (χ0) is 15.5. The van der Waals surface area contributed by atoms with Gasteiger partial charge in [-0.25, -0.2) is 4.98 Å². The van der Waals surface area contributed by atoms with Crippen LogP contribution < -0.4 is 10.9 Å². The van der Waals surface area contributed by atoms with E-state index in [9.17, 15) is 9.59 Å². The lowest BCUT2D eigenvalue weighted by Crippen LogP contribution is -2.31. The molecular weight excluding hydrogens is 278 g/mol. The molecule has 0 unspecified atom stereocenters. The normalized spacial score (nSPS) is 16.1. The van der Waals surface area contributed by atoms with Gasteiger partial charge in [-0.15, -0.1) is 6.58 Å². The molecule has 0 saturated carbocycles. The Morgan fingerprint density at radius 1 is 1.41 bits per heavy atom. The lowest BCUT2D eigenvalue weighted by molar-refractivity contribution is -0.119. The van der Waals surface area contributed by atoms with Crippen molar-refractivity contribution >= 4 is 11.6 Å². The molecule has 0 aliphatic carbocycles. The Bertz CT molecular complexity index is 765. The molecule has 0 spiro atoms. The number of nitrogens with zero attached hydrogens (tertiary/aromatic N) is 2. The summed E-state index contributed by atoms with van der Waals surface area (Å²) >= 11 is 0. The van der Waals surface area contributed by atoms with Crippen LogP contribution in [0.5, 0.6) is 0 Å². The summed E-state index contributed by atoms with van der Waals surface area (Å²) in [6, 6.07) is 10.2. The fourth-order valence-electron chi connectivity index (χ4n) is 2.74. The van der Waals surface area contributed by atoms with E-state index >= 15 is 0 Å². The lowest BCUT2D eigenvalue weighted by Gasteiger charge is -2.14. The molecule has 1 aromatic heterocycles. The topological polar surface area (TPSA) is 64.0 Å². The molecule has 1 atom stereocenters. The van der Waals surface area contributed by atoms with Crippen LogP contribution >= 0.6 is 0 Å². The molecule has 2 aromatic rings. The summed E-state index contributed by atoms with van der Waals surface area (Å²) in [4.78, 5) is 29.2. The van der Waals surface area contributed by atoms with E-state index in [-0.39, 0.29) is 11.5 Å². The zero-order valence-corrected chi connectivity index (χ0v) is 12.2. The number of fused-ring (bicyclic) bond motifs is 1. The third-order valence-corrected chi connectivity index (χ3v) is 3.73. The summed E-state index contributed by atoms with van der Waals surface area (Å²) in [5, 5.41) is 2.85. The van der Waals surface area contributed by atoms with Crippen molar-refractivity contribution in [3.63, 3.8) is 0 Å². The van der Waals surface area contributed by atoms with Crippen LogP contribution in [0.2, 0.25) is 0 Å². The highest BCUT2D eigenvalue weighted by Crippen LogP contribution is 2.24. The number of allylic oxidation sites excluding steroid dienone is 1. The number of hydrogen-bond donors (Lipinski definition) is 1. The van der Waals surface area contributed by atoms with Crippen LogP contribution in [0.15, 0.2) is 53.8 Å². The van der Waals surface area contributed by atoms with Gasteiger partial charge in [-0.3, -0.25) is 14.2 Å². The molecule has 1 N–H and O–H groups in total. The van der Waals surface area contributed by atoms with Crippen LogP contribution in [0.25, 0.3) is 0 Å². The Morgan fingerprint density at radius 2 is 2.18 bits per heavy atom. The summed E-state index contributed by atoms with van der Waals surface area (Å²) in [5.41, 5.74) is 1.26. The Labute approximate surface area is 128 Å². The Morgan fingerprint density at radius 3 is 2.91 bits per heavy atom. The Balaban J connectivity index is 1.86. The minimum Gasteiger partial charge on any atom is -0.324 e. The average molecular weight is 295 g/mol. The van der Waals surface area contributed by atoms with Crippen LogP contribution in [-0.4, -0.2) is 15.5 Å². The molecule has 0 saturated heterocycles. The van der Waals surface area contributed by atoms with Crippen molar-refractivity contribution in [1.29, 1.82) is 0 Å². The lowest BCUT2D eigenvalue weighted by atomic mass is 10.2. The molecular formula is C17H17N3O2. The van der Waals surface area contributed by atoms with Gasteiger partial charge in [-0.05, 0) is 18.6 Å². The van der Waals surface area contributed by atoms with Gasteiger partial charge in [0.05, 0.1) is 5.69 Å². The molecule has 1 amide bonds. The minimum absolute atomic E-state index is 0.174. The SMILES string of the molecule is C=CCc1cc(=O)n2c(n1)CC[C@H]2C(=O)Nc1ccccc1. The van der Waals surface area contributed by atoms with Crippen molar-refractivity contribution < 1.29 is 4.79 Å². The van der Waals surface area contributed by atoms with Crippen LogP contribution in [0.1, 0.15) is 24.0 Å². The highest BCUT2D eigenvalue weighted by atomic mass is 16.2. The number of hydrogen-bond acceptors (Lipinski definition) is 3. The van der Waals surface area contributed by atoms with E-state index in [1.54, 1.807) is 6.08 Å². The summed E-state index contributed by atoms with van der Waals surface area (Å²) < 4.78 is 1.50. The van der Waals surface area contributed by atoms with Gasteiger partial charge in [0.1, 0.15) is 11.9 Å². The van der Waals surface area contributed by atoms with Crippen LogP contribution in [0.4, 0.5) is 5.69 Å². The standard InChI is InChI=1S/C17H17N3O2/c1-2-6-13-11-16(21)20-14(9-10-15(20)18-13)17(22)19-12-7-4-3-5-8-12/h2-5,7-8,11,14H,1,6,9-10H2,(H,19,22)/t14-/m0/s1. The maximum absolute atomic E-state index is 12.4. The van der Waals surface area contributed by atoms with E-state index in [0.717, 1.165) is 5.69 Å². The molecule has 2 heterocycles. The van der Waals surface area contributed by atoms with E-state index in [2.05, 4.69) is 16.9 Å². The number of aromatic nitrogens is 2. The highest BCUT2D eigenvalue weighted by Gasteiger charge is 2.30. The molecule has 22 heavy (non-hydrogen) atoms. The second kappa shape index (κ2) is 5.97. The Kier molecular flexibility index (Phi) is 3.87. The number of benzene rings is 1. The number of carbonyl (C=O) groups excluding carboxylic acids is 1. The summed E-state index contributed by atoms with van der Waals surface area (Å²) in [7, 11) is 0. The number of amides is 1. The van der Waals surface area contributed by atoms with Gasteiger partial charge in [0.15, 0.2) is 0 Å². The van der Waals surface area contributed by atoms with E-state index in [0.29, 0.717) is 30.8 Å². The largest absolute Gasteiger partial charge is 0.324 e. The van der Waals surface area contributed by atoms with E-state index in [1.807, 2.05) is 30.3 Å². The molecule has 0 bridgehead atoms. The summed E-state index contributed by atoms with van der Waals surface area (Å²) in [6.07, 6.45) is 3.50. The zero-order valence-electron chi connectivity index (χ0n) is 12.2. The van der Waals surface area contributed by atoms with Crippen LogP contribution in [0, 0.1) is 0 Å². The maximum Gasteiger partial charge on any atom is 0.254 e. The molecule has 1 aromatic carbocycles. The third-order valence-electron chi connectivity index (χ3n) is 3.73. The molecule has 0 fully saturated rings. The minimum atomic E-state index is -0.493. The van der Waals surface area contributed by atoms with Crippen molar-refractivity contribution in [2.75, 3.05) is 5.32 Å². The highest BCUT2D eigenvalue weighted by molar-refractivity contribution is 5.94. The fourth-order valence-corrected chi connectivity index (χ4v) is 2.74. The predicted molar refractivity (Wildman–Crippen MR) is 84.8 cm³/mol. The number of anilines is 1. The van der Waals surface area contributed by atoms with Crippen molar-refractivity contribution in [3.8, 4) is 0 Å². The number of carbonyl (C=O) groups is 1. The first-order valence-corrected chi connectivity index (χ1v) is 7.27. The van der Waals surface area contributed by atoms with Crippen molar-refractivity contribution in [2.45, 2.75) is 25.3 Å². The van der Waals surface area contributed by atoms with Crippen molar-refractivity contribution in [1.82, 2.24) is 9.55 Å². The van der Waals surface area contributed by atoms with Crippen molar-refractivity contribution in [3.05, 3.63) is 70.9 Å². The molecule has 1 aliphatic heterocycles. The first-order chi connectivity index (χ1) is 10.7. The van der Waals surface area contributed by atoms with E-state index < -0.39 is 6.04 Å². The summed E-state index contributed by atoms with van der Waals surface area (Å²) in [6.45, 7) is 3.66. The second-order valence-electron chi connectivity index (χ2n) is 5.27. The predicted octanol–water partition coefficient (Wildman–Crippen LogP) is 2.10. The molecule has 3 rings (SSSR count). The number of aryl methyl sites for hydroxylation is 1. The van der Waals surface area contributed by atoms with Gasteiger partial charge in [-0.2, -0.15) is 0 Å². The number of rotatable bonds is 4. The van der Waals surface area contributed by atoms with Gasteiger partial charge < -0.3 is 5.32 Å². The molecule has 5 nitrogen and oxygen atoms in total. The summed E-state index contributed by atoms with van der Waals surface area (Å²) in [5.74, 6) is 0.503. The fraction of sp³-hybridized carbons (Fsp3) is 0.235. The molecule has 1 aliphatic rings. The monoisotopic (exact) mass is 295 g/mol. The molecule has 112 valence electrons. The quantitative estimate of drug-likeness (QED) is 0.879. The first-order valence-electron chi connectivity index (χ1n) is 7.27. The van der Waals surface area contributed by atoms with Crippen molar-refractivity contribution in [2.24, 2.45) is 0 Å². The van der Waals surface area contributed by atoms with Crippen LogP contribution in [0.3, 0.4) is 0 Å². The second-order valence-corrected chi connectivity index (χ2v) is 5.27. The number of nitrogens with one attached hydrogen (secondary N) is 1. The first kappa shape index (κ1) is 14.3.